The van der Waals surface area contributed by atoms with E-state index in [1.807, 2.05) is 30.3 Å². The summed E-state index contributed by atoms with van der Waals surface area (Å²) in [5, 5.41) is 9.37. The van der Waals surface area contributed by atoms with E-state index in [1.54, 1.807) is 0 Å². The Balaban J connectivity index is 2.23. The zero-order valence-electron chi connectivity index (χ0n) is 8.87. The second-order valence-corrected chi connectivity index (χ2v) is 3.83. The van der Waals surface area contributed by atoms with Crippen LogP contribution >= 0.6 is 0 Å². The minimum atomic E-state index is -4.17. The van der Waals surface area contributed by atoms with Gasteiger partial charge in [0.2, 0.25) is 0 Å². The predicted molar refractivity (Wildman–Crippen MR) is 56.1 cm³/mol. The lowest BCUT2D eigenvalue weighted by molar-refractivity contribution is -0.140. The molecule has 0 heterocycles. The molecule has 1 unspecified atom stereocenters. The van der Waals surface area contributed by atoms with Gasteiger partial charge in [0.1, 0.15) is 0 Å². The predicted octanol–water partition coefficient (Wildman–Crippen LogP) is 3.32. The second kappa shape index (κ2) is 5.89. The first kappa shape index (κ1) is 13.0. The molecule has 1 N–H and O–H groups in total. The maximum Gasteiger partial charge on any atom is 0.389 e. The molecule has 0 saturated heterocycles. The summed E-state index contributed by atoms with van der Waals surface area (Å²) in [4.78, 5) is 0. The van der Waals surface area contributed by atoms with Crippen LogP contribution in [0.1, 0.15) is 24.8 Å². The van der Waals surface area contributed by atoms with Crippen LogP contribution in [0.25, 0.3) is 0 Å². The third kappa shape index (κ3) is 5.75. The van der Waals surface area contributed by atoms with Gasteiger partial charge in [0.15, 0.2) is 0 Å². The molecule has 90 valence electrons. The van der Waals surface area contributed by atoms with Gasteiger partial charge in [0.05, 0.1) is 6.10 Å². The SMILES string of the molecule is OC(CCc1ccccc1)CCC(F)(F)F. The van der Waals surface area contributed by atoms with Crippen molar-refractivity contribution in [3.05, 3.63) is 35.9 Å². The Morgan fingerprint density at radius 1 is 1.06 bits per heavy atom. The molecule has 4 heteroatoms. The number of benzene rings is 1. The molecule has 0 aliphatic heterocycles. The van der Waals surface area contributed by atoms with Gasteiger partial charge in [-0.15, -0.1) is 0 Å². The van der Waals surface area contributed by atoms with E-state index >= 15 is 0 Å². The Hall–Kier alpha value is -1.03. The summed E-state index contributed by atoms with van der Waals surface area (Å²) in [7, 11) is 0. The van der Waals surface area contributed by atoms with E-state index < -0.39 is 18.7 Å². The maximum atomic E-state index is 11.9. The van der Waals surface area contributed by atoms with Gasteiger partial charge in [-0.05, 0) is 24.8 Å². The number of halogens is 3. The highest BCUT2D eigenvalue weighted by molar-refractivity contribution is 5.14. The first-order chi connectivity index (χ1) is 7.47. The first-order valence-corrected chi connectivity index (χ1v) is 5.26. The van der Waals surface area contributed by atoms with Crippen LogP contribution in [0.2, 0.25) is 0 Å². The average Bonchev–Trinajstić information content (AvgIpc) is 2.24. The molecule has 1 rings (SSSR count). The summed E-state index contributed by atoms with van der Waals surface area (Å²) in [5.41, 5.74) is 1.04. The summed E-state index contributed by atoms with van der Waals surface area (Å²) < 4.78 is 35.6. The van der Waals surface area contributed by atoms with Gasteiger partial charge >= 0.3 is 6.18 Å². The highest BCUT2D eigenvalue weighted by Gasteiger charge is 2.27. The molecule has 0 saturated carbocycles. The van der Waals surface area contributed by atoms with Crippen molar-refractivity contribution in [2.45, 2.75) is 38.0 Å². The van der Waals surface area contributed by atoms with Crippen molar-refractivity contribution in [3.63, 3.8) is 0 Å². The zero-order chi connectivity index (χ0) is 12.0. The van der Waals surface area contributed by atoms with Crippen LogP contribution in [0.3, 0.4) is 0 Å². The van der Waals surface area contributed by atoms with E-state index in [1.165, 1.54) is 0 Å². The molecule has 0 aliphatic rings. The van der Waals surface area contributed by atoms with Gasteiger partial charge in [-0.1, -0.05) is 30.3 Å². The fourth-order valence-electron chi connectivity index (χ4n) is 1.45. The topological polar surface area (TPSA) is 20.2 Å². The minimum Gasteiger partial charge on any atom is -0.393 e. The molecule has 0 spiro atoms. The molecule has 0 amide bonds. The van der Waals surface area contributed by atoms with Crippen molar-refractivity contribution in [2.75, 3.05) is 0 Å². The normalized spacial score (nSPS) is 13.8. The average molecular weight is 232 g/mol. The quantitative estimate of drug-likeness (QED) is 0.825. The number of aliphatic hydroxyl groups excluding tert-OH is 1. The monoisotopic (exact) mass is 232 g/mol. The molecular weight excluding hydrogens is 217 g/mol. The van der Waals surface area contributed by atoms with Crippen LogP contribution in [0, 0.1) is 0 Å². The summed E-state index contributed by atoms with van der Waals surface area (Å²) in [6.07, 6.45) is -5.19. The fourth-order valence-corrected chi connectivity index (χ4v) is 1.45. The van der Waals surface area contributed by atoms with Crippen LogP contribution in [0.5, 0.6) is 0 Å². The Morgan fingerprint density at radius 3 is 2.25 bits per heavy atom. The minimum absolute atomic E-state index is 0.212. The van der Waals surface area contributed by atoms with Crippen LogP contribution in [-0.4, -0.2) is 17.4 Å². The number of hydrogen-bond acceptors (Lipinski definition) is 1. The van der Waals surface area contributed by atoms with Crippen molar-refractivity contribution in [1.82, 2.24) is 0 Å². The highest BCUT2D eigenvalue weighted by atomic mass is 19.4. The fraction of sp³-hybridized carbons (Fsp3) is 0.500. The Morgan fingerprint density at radius 2 is 1.69 bits per heavy atom. The molecule has 0 fully saturated rings. The summed E-state index contributed by atoms with van der Waals surface area (Å²) in [6.45, 7) is 0. The van der Waals surface area contributed by atoms with E-state index in [9.17, 15) is 18.3 Å². The molecule has 1 nitrogen and oxygen atoms in total. The number of aryl methyl sites for hydroxylation is 1. The van der Waals surface area contributed by atoms with Crippen LogP contribution in [0.4, 0.5) is 13.2 Å². The molecule has 0 aliphatic carbocycles. The van der Waals surface area contributed by atoms with Gasteiger partial charge < -0.3 is 5.11 Å². The van der Waals surface area contributed by atoms with E-state index in [4.69, 9.17) is 0 Å². The van der Waals surface area contributed by atoms with Crippen molar-refractivity contribution in [3.8, 4) is 0 Å². The van der Waals surface area contributed by atoms with E-state index in [-0.39, 0.29) is 6.42 Å². The smallest absolute Gasteiger partial charge is 0.389 e. The van der Waals surface area contributed by atoms with Crippen molar-refractivity contribution in [2.24, 2.45) is 0 Å². The van der Waals surface area contributed by atoms with E-state index in [2.05, 4.69) is 0 Å². The molecular formula is C12H15F3O. The van der Waals surface area contributed by atoms with Gasteiger partial charge in [0.25, 0.3) is 0 Å². The molecule has 1 aromatic rings. The third-order valence-electron chi connectivity index (χ3n) is 2.37. The Labute approximate surface area is 92.9 Å². The second-order valence-electron chi connectivity index (χ2n) is 3.83. The van der Waals surface area contributed by atoms with Gasteiger partial charge in [-0.2, -0.15) is 13.2 Å². The molecule has 0 radical (unpaired) electrons. The van der Waals surface area contributed by atoms with Crippen LogP contribution in [0.15, 0.2) is 30.3 Å². The lowest BCUT2D eigenvalue weighted by Crippen LogP contribution is -2.14. The summed E-state index contributed by atoms with van der Waals surface area (Å²) in [6, 6.07) is 9.42. The van der Waals surface area contributed by atoms with Gasteiger partial charge in [0, 0.05) is 6.42 Å². The van der Waals surface area contributed by atoms with Crippen molar-refractivity contribution in [1.29, 1.82) is 0 Å². The summed E-state index contributed by atoms with van der Waals surface area (Å²) >= 11 is 0. The van der Waals surface area contributed by atoms with Gasteiger partial charge in [-0.3, -0.25) is 0 Å². The maximum absolute atomic E-state index is 11.9. The standard InChI is InChI=1S/C12H15F3O/c13-12(14,15)9-8-11(16)7-6-10-4-2-1-3-5-10/h1-5,11,16H,6-9H2. The summed E-state index contributed by atoms with van der Waals surface area (Å²) in [5.74, 6) is 0. The molecule has 1 atom stereocenters. The number of hydrogen-bond donors (Lipinski definition) is 1. The lowest BCUT2D eigenvalue weighted by Gasteiger charge is -2.12. The highest BCUT2D eigenvalue weighted by Crippen LogP contribution is 2.23. The first-order valence-electron chi connectivity index (χ1n) is 5.26. The molecule has 0 aromatic heterocycles. The zero-order valence-corrected chi connectivity index (χ0v) is 8.87. The molecule has 16 heavy (non-hydrogen) atoms. The van der Waals surface area contributed by atoms with Crippen molar-refractivity contribution < 1.29 is 18.3 Å². The molecule has 1 aromatic carbocycles. The Bertz CT molecular complexity index is 295. The largest absolute Gasteiger partial charge is 0.393 e. The Kier molecular flexibility index (Phi) is 4.80. The lowest BCUT2D eigenvalue weighted by atomic mass is 10.0. The van der Waals surface area contributed by atoms with E-state index in [0.29, 0.717) is 12.8 Å². The van der Waals surface area contributed by atoms with E-state index in [0.717, 1.165) is 5.56 Å². The third-order valence-corrected chi connectivity index (χ3v) is 2.37. The number of rotatable bonds is 5. The van der Waals surface area contributed by atoms with Crippen LogP contribution < -0.4 is 0 Å². The van der Waals surface area contributed by atoms with Crippen molar-refractivity contribution >= 4 is 0 Å². The number of alkyl halides is 3. The number of aliphatic hydroxyl groups is 1. The van der Waals surface area contributed by atoms with Crippen LogP contribution in [-0.2, 0) is 6.42 Å². The molecule has 0 bridgehead atoms. The van der Waals surface area contributed by atoms with Gasteiger partial charge in [-0.25, -0.2) is 0 Å².